The second kappa shape index (κ2) is 8.04. The van der Waals surface area contributed by atoms with E-state index in [1.54, 1.807) is 18.2 Å². The molecule has 188 valence electrons. The van der Waals surface area contributed by atoms with Crippen molar-refractivity contribution in [1.29, 1.82) is 0 Å². The number of allylic oxidation sites excluding steroid dienone is 4. The molecule has 0 radical (unpaired) electrons. The van der Waals surface area contributed by atoms with E-state index in [0.29, 0.717) is 19.3 Å². The van der Waals surface area contributed by atoms with Gasteiger partial charge in [0, 0.05) is 16.7 Å². The number of carbonyl (C=O) groups excluding carboxylic acids is 3. The molecule has 3 fully saturated rings. The van der Waals surface area contributed by atoms with Crippen molar-refractivity contribution in [3.8, 4) is 0 Å². The number of alkyl halides is 3. The minimum absolute atomic E-state index is 0.0443. The van der Waals surface area contributed by atoms with E-state index in [-0.39, 0.29) is 29.8 Å². The third-order valence-electron chi connectivity index (χ3n) is 9.65. The minimum atomic E-state index is -1.70. The molecule has 6 unspecified atom stereocenters. The molecule has 3 saturated carbocycles. The average Bonchev–Trinajstić information content (AvgIpc) is 3.42. The number of fused-ring (bicyclic) bond motifs is 5. The van der Waals surface area contributed by atoms with Crippen LogP contribution in [0.5, 0.6) is 0 Å². The highest BCUT2D eigenvalue weighted by atomic mass is 35.5. The lowest BCUT2D eigenvalue weighted by Crippen LogP contribution is -2.68. The molecule has 0 amide bonds. The van der Waals surface area contributed by atoms with Gasteiger partial charge in [-0.1, -0.05) is 32.4 Å². The molecular formula is C27H29Cl2FO5. The van der Waals surface area contributed by atoms with Crippen molar-refractivity contribution in [2.45, 2.75) is 62.3 Å². The predicted octanol–water partition coefficient (Wildman–Crippen LogP) is 5.85. The molecule has 4 aliphatic rings. The summed E-state index contributed by atoms with van der Waals surface area (Å²) in [6.45, 7) is 4.50. The van der Waals surface area contributed by atoms with E-state index in [4.69, 9.17) is 32.4 Å². The molecule has 8 heteroatoms. The Morgan fingerprint density at radius 1 is 1.29 bits per heavy atom. The van der Waals surface area contributed by atoms with Crippen molar-refractivity contribution >= 4 is 40.7 Å². The Morgan fingerprint density at radius 2 is 2.03 bits per heavy atom. The van der Waals surface area contributed by atoms with Crippen LogP contribution in [0, 0.1) is 28.6 Å². The number of carbonyl (C=O) groups is 3. The summed E-state index contributed by atoms with van der Waals surface area (Å²) >= 11 is 14.7. The number of hydrogen-bond donors (Lipinski definition) is 0. The molecule has 0 aliphatic heterocycles. The van der Waals surface area contributed by atoms with Gasteiger partial charge in [-0.25, -0.2) is 9.18 Å². The lowest BCUT2D eigenvalue weighted by atomic mass is 9.46. The lowest BCUT2D eigenvalue weighted by Gasteiger charge is -2.64. The van der Waals surface area contributed by atoms with Crippen LogP contribution in [0.4, 0.5) is 4.39 Å². The summed E-state index contributed by atoms with van der Waals surface area (Å²) in [6, 6.07) is 3.01. The predicted molar refractivity (Wildman–Crippen MR) is 129 cm³/mol. The summed E-state index contributed by atoms with van der Waals surface area (Å²) in [5.41, 5.74) is -2.30. The van der Waals surface area contributed by atoms with Gasteiger partial charge < -0.3 is 9.15 Å². The highest BCUT2D eigenvalue weighted by molar-refractivity contribution is 6.34. The van der Waals surface area contributed by atoms with Gasteiger partial charge in [-0.05, 0) is 61.8 Å². The Morgan fingerprint density at radius 3 is 2.69 bits per heavy atom. The third-order valence-corrected chi connectivity index (χ3v) is 11.2. The van der Waals surface area contributed by atoms with Gasteiger partial charge in [-0.2, -0.15) is 0 Å². The van der Waals surface area contributed by atoms with Crippen LogP contribution in [0.15, 0.2) is 46.6 Å². The highest BCUT2D eigenvalue weighted by Gasteiger charge is 2.76. The quantitative estimate of drug-likeness (QED) is 0.366. The lowest BCUT2D eigenvalue weighted by molar-refractivity contribution is -0.167. The van der Waals surface area contributed by atoms with Crippen molar-refractivity contribution in [1.82, 2.24) is 0 Å². The summed E-state index contributed by atoms with van der Waals surface area (Å²) in [4.78, 5) is 37.6. The van der Waals surface area contributed by atoms with Gasteiger partial charge in [0.25, 0.3) is 0 Å². The Bertz CT molecular complexity index is 1140. The van der Waals surface area contributed by atoms with Crippen molar-refractivity contribution in [3.05, 3.63) is 48.0 Å². The van der Waals surface area contributed by atoms with Crippen molar-refractivity contribution in [2.24, 2.45) is 28.6 Å². The van der Waals surface area contributed by atoms with Gasteiger partial charge in [0.15, 0.2) is 18.1 Å². The third kappa shape index (κ3) is 3.02. The second-order valence-corrected chi connectivity index (χ2v) is 12.2. The zero-order valence-electron chi connectivity index (χ0n) is 20.0. The number of ether oxygens (including phenoxy) is 1. The van der Waals surface area contributed by atoms with Gasteiger partial charge in [0.2, 0.25) is 11.5 Å². The fourth-order valence-corrected chi connectivity index (χ4v) is 9.26. The summed E-state index contributed by atoms with van der Waals surface area (Å²) < 4.78 is 25.3. The van der Waals surface area contributed by atoms with Gasteiger partial charge >= 0.3 is 5.97 Å². The van der Waals surface area contributed by atoms with Crippen LogP contribution in [0.3, 0.4) is 0 Å². The monoisotopic (exact) mass is 522 g/mol. The maximum absolute atomic E-state index is 14.1. The second-order valence-electron chi connectivity index (χ2n) is 11.0. The van der Waals surface area contributed by atoms with Crippen molar-refractivity contribution in [2.75, 3.05) is 6.67 Å². The summed E-state index contributed by atoms with van der Waals surface area (Å²) in [5.74, 6) is -2.39. The van der Waals surface area contributed by atoms with Crippen LogP contribution in [0.2, 0.25) is 0 Å². The van der Waals surface area contributed by atoms with Gasteiger partial charge in [0.05, 0.1) is 16.5 Å². The number of ketones is 2. The van der Waals surface area contributed by atoms with Crippen LogP contribution in [-0.4, -0.2) is 40.1 Å². The van der Waals surface area contributed by atoms with Crippen molar-refractivity contribution in [3.63, 3.8) is 0 Å². The molecule has 0 spiro atoms. The largest absolute Gasteiger partial charge is 0.457 e. The van der Waals surface area contributed by atoms with E-state index in [1.807, 2.05) is 26.8 Å². The smallest absolute Gasteiger partial charge is 0.375 e. The number of halogens is 3. The molecule has 8 atom stereocenters. The molecule has 0 N–H and O–H groups in total. The molecule has 1 aromatic heterocycles. The zero-order chi connectivity index (χ0) is 25.4. The SMILES string of the molecule is CC1CC2C3CCC4=CC(=O)C=CC4(C)[C@@]3(Cl)C(Cl)CC2(C)[C@@]1(OC(=O)c1ccco1)C(=O)CF. The van der Waals surface area contributed by atoms with Crippen LogP contribution in [-0.2, 0) is 14.3 Å². The normalized spacial score (nSPS) is 44.2. The molecular weight excluding hydrogens is 494 g/mol. The summed E-state index contributed by atoms with van der Waals surface area (Å²) in [6.07, 6.45) is 8.57. The number of hydrogen-bond acceptors (Lipinski definition) is 5. The van der Waals surface area contributed by atoms with Crippen molar-refractivity contribution < 1.29 is 27.9 Å². The van der Waals surface area contributed by atoms with E-state index in [2.05, 4.69) is 0 Å². The molecule has 0 bridgehead atoms. The molecule has 4 aliphatic carbocycles. The van der Waals surface area contributed by atoms with E-state index in [9.17, 15) is 18.8 Å². The fourth-order valence-electron chi connectivity index (χ4n) is 8.02. The van der Waals surface area contributed by atoms with E-state index in [0.717, 1.165) is 5.57 Å². The number of furan rings is 1. The Kier molecular flexibility index (Phi) is 5.69. The minimum Gasteiger partial charge on any atom is -0.457 e. The molecule has 0 saturated heterocycles. The summed E-state index contributed by atoms with van der Waals surface area (Å²) in [7, 11) is 0. The van der Waals surface area contributed by atoms with Crippen LogP contribution < -0.4 is 0 Å². The molecule has 35 heavy (non-hydrogen) atoms. The maximum Gasteiger partial charge on any atom is 0.375 e. The van der Waals surface area contributed by atoms with Crippen LogP contribution in [0.1, 0.15) is 57.0 Å². The average molecular weight is 523 g/mol. The molecule has 5 rings (SSSR count). The van der Waals surface area contributed by atoms with Crippen LogP contribution >= 0.6 is 23.2 Å². The first-order valence-corrected chi connectivity index (χ1v) is 12.9. The Labute approximate surface area is 214 Å². The van der Waals surface area contributed by atoms with E-state index < -0.39 is 51.0 Å². The molecule has 0 aromatic carbocycles. The van der Waals surface area contributed by atoms with Gasteiger partial charge in [-0.15, -0.1) is 23.2 Å². The number of esters is 1. The summed E-state index contributed by atoms with van der Waals surface area (Å²) in [5, 5.41) is -0.624. The first-order valence-electron chi connectivity index (χ1n) is 12.1. The maximum atomic E-state index is 14.1. The van der Waals surface area contributed by atoms with E-state index >= 15 is 0 Å². The number of Topliss-reactive ketones (excluding diaryl/α,β-unsaturated/α-hetero) is 1. The first kappa shape index (κ1) is 24.8. The Hall–Kier alpha value is -1.92. The molecule has 1 heterocycles. The Balaban J connectivity index is 1.61. The first-order chi connectivity index (χ1) is 16.5. The fraction of sp³-hybridized carbons (Fsp3) is 0.593. The molecule has 5 nitrogen and oxygen atoms in total. The van der Waals surface area contributed by atoms with Crippen LogP contribution in [0.25, 0.3) is 0 Å². The number of rotatable bonds is 4. The van der Waals surface area contributed by atoms with E-state index in [1.165, 1.54) is 12.3 Å². The topological polar surface area (TPSA) is 73.6 Å². The van der Waals surface area contributed by atoms with Gasteiger partial charge in [-0.3, -0.25) is 9.59 Å². The molecule has 1 aromatic rings. The standard InChI is InChI=1S/C27H29Cl2FO5/c1-15-11-19-18-7-6-16-12-17(31)8-9-24(16,2)26(18,29)21(28)13-25(19,3)27(15,22(32)14-30)35-23(33)20-5-4-10-34-20/h4-5,8-10,12,15,18-19,21H,6-7,11,13-14H2,1-3H3/t15?,18?,19?,21?,24?,25?,26-,27-/m0/s1. The van der Waals surface area contributed by atoms with Gasteiger partial charge in [0.1, 0.15) is 0 Å². The zero-order valence-corrected chi connectivity index (χ0v) is 21.5. The highest BCUT2D eigenvalue weighted by Crippen LogP contribution is 2.73.